The fourth-order valence-electron chi connectivity index (χ4n) is 5.29. The molecule has 4 nitrogen and oxygen atoms in total. The Labute approximate surface area is 194 Å². The molecule has 0 bridgehead atoms. The summed E-state index contributed by atoms with van der Waals surface area (Å²) in [7, 11) is 0. The van der Waals surface area contributed by atoms with Crippen molar-refractivity contribution in [1.29, 1.82) is 0 Å². The number of carbonyl (C=O) groups excluding carboxylic acids is 2. The number of benzene rings is 3. The molecule has 0 spiro atoms. The number of ketones is 1. The van der Waals surface area contributed by atoms with Crippen LogP contribution >= 0.6 is 0 Å². The van der Waals surface area contributed by atoms with Crippen molar-refractivity contribution in [2.24, 2.45) is 0 Å². The van der Waals surface area contributed by atoms with Crippen LogP contribution in [-0.2, 0) is 14.3 Å². The second-order valence-electron chi connectivity index (χ2n) is 8.72. The van der Waals surface area contributed by atoms with Crippen molar-refractivity contribution in [1.82, 2.24) is 5.32 Å². The lowest BCUT2D eigenvalue weighted by atomic mass is 9.71. The van der Waals surface area contributed by atoms with Crippen LogP contribution in [0.4, 0.5) is 0 Å². The Morgan fingerprint density at radius 1 is 0.970 bits per heavy atom. The summed E-state index contributed by atoms with van der Waals surface area (Å²) in [6.45, 7) is 4.00. The molecule has 33 heavy (non-hydrogen) atoms. The van der Waals surface area contributed by atoms with Gasteiger partial charge in [0.1, 0.15) is 0 Å². The molecule has 3 aromatic carbocycles. The van der Waals surface area contributed by atoms with E-state index in [-0.39, 0.29) is 24.3 Å². The van der Waals surface area contributed by atoms with E-state index in [2.05, 4.69) is 35.6 Å². The summed E-state index contributed by atoms with van der Waals surface area (Å²) in [5.41, 5.74) is 5.04. The number of Topliss-reactive ketones (excluding diaryl/α,β-unsaturated/α-hetero) is 1. The molecular formula is C29H27NO3. The number of carbonyl (C=O) groups is 2. The van der Waals surface area contributed by atoms with E-state index >= 15 is 0 Å². The van der Waals surface area contributed by atoms with Crippen molar-refractivity contribution >= 4 is 22.5 Å². The SMILES string of the molecule is CCOC(=O)C1=C(C)NC2=C(C(=O)CC(c3ccccc3)C2)C1c1cccc2ccccc12. The fraction of sp³-hybridized carbons (Fsp3) is 0.241. The van der Waals surface area contributed by atoms with Gasteiger partial charge in [0.25, 0.3) is 0 Å². The number of esters is 1. The average molecular weight is 438 g/mol. The molecule has 1 aliphatic heterocycles. The van der Waals surface area contributed by atoms with Crippen molar-refractivity contribution in [2.75, 3.05) is 6.61 Å². The van der Waals surface area contributed by atoms with Gasteiger partial charge in [-0.15, -0.1) is 0 Å². The van der Waals surface area contributed by atoms with Crippen LogP contribution in [0.15, 0.2) is 95.3 Å². The molecule has 0 amide bonds. The van der Waals surface area contributed by atoms with Crippen LogP contribution in [0.3, 0.4) is 0 Å². The molecule has 4 heteroatoms. The summed E-state index contributed by atoms with van der Waals surface area (Å²) >= 11 is 0. The Morgan fingerprint density at radius 2 is 1.70 bits per heavy atom. The smallest absolute Gasteiger partial charge is 0.336 e. The second kappa shape index (κ2) is 8.70. The van der Waals surface area contributed by atoms with Gasteiger partial charge in [0.05, 0.1) is 12.2 Å². The molecule has 0 saturated carbocycles. The molecular weight excluding hydrogens is 410 g/mol. The van der Waals surface area contributed by atoms with Crippen molar-refractivity contribution < 1.29 is 14.3 Å². The van der Waals surface area contributed by atoms with Crippen molar-refractivity contribution in [3.63, 3.8) is 0 Å². The maximum absolute atomic E-state index is 13.7. The van der Waals surface area contributed by atoms with Crippen LogP contribution in [0.2, 0.25) is 0 Å². The maximum atomic E-state index is 13.7. The minimum absolute atomic E-state index is 0.0878. The summed E-state index contributed by atoms with van der Waals surface area (Å²) in [5.74, 6) is -0.611. The van der Waals surface area contributed by atoms with E-state index in [0.29, 0.717) is 17.6 Å². The Kier molecular flexibility index (Phi) is 5.59. The molecule has 0 aromatic heterocycles. The molecule has 0 fully saturated rings. The zero-order valence-corrected chi connectivity index (χ0v) is 18.9. The topological polar surface area (TPSA) is 55.4 Å². The normalized spacial score (nSPS) is 20.5. The third kappa shape index (κ3) is 3.76. The van der Waals surface area contributed by atoms with Gasteiger partial charge in [-0.25, -0.2) is 4.79 Å². The Hall–Kier alpha value is -3.66. The molecule has 1 heterocycles. The number of hydrogen-bond donors (Lipinski definition) is 1. The zero-order chi connectivity index (χ0) is 22.9. The lowest BCUT2D eigenvalue weighted by Crippen LogP contribution is -2.36. The van der Waals surface area contributed by atoms with Crippen molar-refractivity contribution in [3.8, 4) is 0 Å². The quantitative estimate of drug-likeness (QED) is 0.527. The number of fused-ring (bicyclic) bond motifs is 1. The largest absolute Gasteiger partial charge is 0.463 e. The number of dihydropyridines is 1. The fourth-order valence-corrected chi connectivity index (χ4v) is 5.29. The minimum Gasteiger partial charge on any atom is -0.463 e. The summed E-state index contributed by atoms with van der Waals surface area (Å²) in [5, 5.41) is 5.56. The van der Waals surface area contributed by atoms with Gasteiger partial charge in [-0.3, -0.25) is 4.79 Å². The van der Waals surface area contributed by atoms with E-state index in [1.165, 1.54) is 5.56 Å². The summed E-state index contributed by atoms with van der Waals surface area (Å²) in [6, 6.07) is 24.4. The highest BCUT2D eigenvalue weighted by Gasteiger charge is 2.41. The van der Waals surface area contributed by atoms with E-state index in [1.807, 2.05) is 49.4 Å². The number of hydrogen-bond acceptors (Lipinski definition) is 4. The number of ether oxygens (including phenoxy) is 1. The molecule has 0 radical (unpaired) electrons. The van der Waals surface area contributed by atoms with Gasteiger partial charge < -0.3 is 10.1 Å². The first-order valence-corrected chi connectivity index (χ1v) is 11.5. The van der Waals surface area contributed by atoms with Crippen LogP contribution in [-0.4, -0.2) is 18.4 Å². The molecule has 2 aliphatic rings. The van der Waals surface area contributed by atoms with Crippen LogP contribution < -0.4 is 5.32 Å². The van der Waals surface area contributed by atoms with Gasteiger partial charge in [-0.05, 0) is 48.1 Å². The highest BCUT2D eigenvalue weighted by atomic mass is 16.5. The first-order chi connectivity index (χ1) is 16.1. The van der Waals surface area contributed by atoms with Crippen molar-refractivity contribution in [2.45, 2.75) is 38.5 Å². The predicted octanol–water partition coefficient (Wildman–Crippen LogP) is 5.76. The van der Waals surface area contributed by atoms with E-state index in [9.17, 15) is 9.59 Å². The van der Waals surface area contributed by atoms with E-state index < -0.39 is 5.92 Å². The second-order valence-corrected chi connectivity index (χ2v) is 8.72. The third-order valence-corrected chi connectivity index (χ3v) is 6.73. The lowest BCUT2D eigenvalue weighted by molar-refractivity contribution is -0.138. The standard InChI is InChI=1S/C29H27NO3/c1-3-33-29(32)26-18(2)30-24-16-21(19-10-5-4-6-11-19)17-25(31)28(24)27(26)23-15-9-13-20-12-7-8-14-22(20)23/h4-15,21,27,30H,3,16-17H2,1-2H3. The van der Waals surface area contributed by atoms with Gasteiger partial charge in [-0.1, -0.05) is 72.8 Å². The average Bonchev–Trinajstić information content (AvgIpc) is 2.83. The van der Waals surface area contributed by atoms with Gasteiger partial charge in [0.2, 0.25) is 0 Å². The lowest BCUT2D eigenvalue weighted by Gasteiger charge is -2.37. The van der Waals surface area contributed by atoms with Gasteiger partial charge in [0.15, 0.2) is 5.78 Å². The number of nitrogens with one attached hydrogen (secondary N) is 1. The van der Waals surface area contributed by atoms with Crippen LogP contribution in [0.5, 0.6) is 0 Å². The summed E-state index contributed by atoms with van der Waals surface area (Å²) < 4.78 is 5.45. The van der Waals surface area contributed by atoms with Gasteiger partial charge in [-0.2, -0.15) is 0 Å². The molecule has 2 atom stereocenters. The monoisotopic (exact) mass is 437 g/mol. The van der Waals surface area contributed by atoms with Crippen LogP contribution in [0, 0.1) is 0 Å². The van der Waals surface area contributed by atoms with Crippen LogP contribution in [0.25, 0.3) is 10.8 Å². The summed E-state index contributed by atoms with van der Waals surface area (Å²) in [6.07, 6.45) is 1.17. The number of allylic oxidation sites excluding steroid dienone is 3. The van der Waals surface area contributed by atoms with Gasteiger partial charge in [0, 0.05) is 29.3 Å². The van der Waals surface area contributed by atoms with E-state index in [1.54, 1.807) is 6.92 Å². The molecule has 3 aromatic rings. The highest BCUT2D eigenvalue weighted by Crippen LogP contribution is 2.47. The van der Waals surface area contributed by atoms with Crippen LogP contribution in [0.1, 0.15) is 49.7 Å². The third-order valence-electron chi connectivity index (χ3n) is 6.73. The van der Waals surface area contributed by atoms with Gasteiger partial charge >= 0.3 is 5.97 Å². The predicted molar refractivity (Wildman–Crippen MR) is 130 cm³/mol. The highest BCUT2D eigenvalue weighted by molar-refractivity contribution is 6.05. The molecule has 1 aliphatic carbocycles. The first-order valence-electron chi connectivity index (χ1n) is 11.5. The zero-order valence-electron chi connectivity index (χ0n) is 18.9. The number of rotatable bonds is 4. The molecule has 166 valence electrons. The minimum atomic E-state index is -0.448. The maximum Gasteiger partial charge on any atom is 0.336 e. The van der Waals surface area contributed by atoms with E-state index in [4.69, 9.17) is 4.74 Å². The molecule has 0 saturated heterocycles. The van der Waals surface area contributed by atoms with Crippen molar-refractivity contribution in [3.05, 3.63) is 106 Å². The summed E-state index contributed by atoms with van der Waals surface area (Å²) in [4.78, 5) is 26.8. The molecule has 2 unspecified atom stereocenters. The van der Waals surface area contributed by atoms with E-state index in [0.717, 1.165) is 34.2 Å². The Morgan fingerprint density at radius 3 is 2.48 bits per heavy atom. The Balaban J connectivity index is 1.68. The molecule has 5 rings (SSSR count). The molecule has 1 N–H and O–H groups in total. The Bertz CT molecular complexity index is 1300. The first kappa shape index (κ1) is 21.2.